The van der Waals surface area contributed by atoms with E-state index in [1.54, 1.807) is 0 Å². The average Bonchev–Trinajstić information content (AvgIpc) is 3.87. The number of anilines is 6. The number of fused-ring (bicyclic) bond motifs is 7. The largest absolute Gasteiger partial charge is 0.455 e. The zero-order chi connectivity index (χ0) is 47.9. The van der Waals surface area contributed by atoms with Crippen molar-refractivity contribution >= 4 is 77.9 Å². The van der Waals surface area contributed by atoms with Gasteiger partial charge in [-0.1, -0.05) is 168 Å². The van der Waals surface area contributed by atoms with Crippen LogP contribution in [0.4, 0.5) is 34.1 Å². The van der Waals surface area contributed by atoms with Gasteiger partial charge in [0.05, 0.1) is 10.9 Å². The van der Waals surface area contributed by atoms with E-state index < -0.39 is 0 Å². The summed E-state index contributed by atoms with van der Waals surface area (Å²) in [6.07, 6.45) is 0. The summed E-state index contributed by atoms with van der Waals surface area (Å²) < 4.78 is 6.78. The quantitative estimate of drug-likeness (QED) is 0.173. The Balaban J connectivity index is 1.30. The zero-order valence-corrected chi connectivity index (χ0v) is 42.0. The second-order valence-corrected chi connectivity index (χ2v) is 22.9. The van der Waals surface area contributed by atoms with Gasteiger partial charge >= 0.3 is 0 Å². The van der Waals surface area contributed by atoms with Crippen molar-refractivity contribution < 1.29 is 4.42 Å². The smallest absolute Gasteiger partial charge is 0.145 e. The second-order valence-electron chi connectivity index (χ2n) is 22.9. The Morgan fingerprint density at radius 1 is 0.368 bits per heavy atom. The Morgan fingerprint density at radius 2 is 0.750 bits per heavy atom. The van der Waals surface area contributed by atoms with E-state index in [4.69, 9.17) is 4.42 Å². The molecule has 0 spiro atoms. The van der Waals surface area contributed by atoms with Crippen molar-refractivity contribution in [3.05, 3.63) is 192 Å². The lowest BCUT2D eigenvalue weighted by Gasteiger charge is -2.32. The number of nitrogens with one attached hydrogen (secondary N) is 1. The minimum Gasteiger partial charge on any atom is -0.455 e. The van der Waals surface area contributed by atoms with Crippen LogP contribution in [0.3, 0.4) is 0 Å². The molecule has 0 fully saturated rings. The first-order valence-corrected chi connectivity index (χ1v) is 24.2. The molecule has 1 N–H and O–H groups in total. The predicted molar refractivity (Wildman–Crippen MR) is 293 cm³/mol. The molecule has 0 radical (unpaired) electrons. The molecule has 68 heavy (non-hydrogen) atoms. The summed E-state index contributed by atoms with van der Waals surface area (Å²) in [4.78, 5) is 8.77. The first-order valence-electron chi connectivity index (χ1n) is 24.2. The maximum atomic E-state index is 6.78. The number of H-pyrrole nitrogens is 1. The van der Waals surface area contributed by atoms with Gasteiger partial charge in [-0.05, 0) is 134 Å². The lowest BCUT2D eigenvalue weighted by Crippen LogP contribution is -2.16. The zero-order valence-electron chi connectivity index (χ0n) is 42.0. The van der Waals surface area contributed by atoms with E-state index in [1.807, 2.05) is 0 Å². The SMILES string of the molecule is CC(C)(C)c1ccc(N(c2ccc(C(C)(C)C)cc2)c2cc(-c3cc4c5ccccc5oc4c4c3[nH]c3ccccc34)cc(N(c3ccc(C(C)(C)C)cc3)c3ccc(C(C)(C)C)cc3)c2)cc1. The molecule has 0 aliphatic heterocycles. The fourth-order valence-corrected chi connectivity index (χ4v) is 9.76. The highest BCUT2D eigenvalue weighted by atomic mass is 16.3. The highest BCUT2D eigenvalue weighted by Gasteiger charge is 2.26. The van der Waals surface area contributed by atoms with E-state index >= 15 is 0 Å². The number of benzene rings is 8. The van der Waals surface area contributed by atoms with Crippen molar-refractivity contribution in [2.75, 3.05) is 9.80 Å². The highest BCUT2D eigenvalue weighted by molar-refractivity contribution is 6.26. The van der Waals surface area contributed by atoms with Gasteiger partial charge < -0.3 is 19.2 Å². The molecule has 0 aliphatic rings. The maximum Gasteiger partial charge on any atom is 0.145 e. The van der Waals surface area contributed by atoms with Crippen molar-refractivity contribution in [3.63, 3.8) is 0 Å². The van der Waals surface area contributed by atoms with Gasteiger partial charge in [0, 0.05) is 61.4 Å². The molecule has 0 saturated carbocycles. The Bertz CT molecular complexity index is 3200. The third-order valence-electron chi connectivity index (χ3n) is 13.8. The van der Waals surface area contributed by atoms with E-state index in [1.165, 1.54) is 22.3 Å². The van der Waals surface area contributed by atoms with Gasteiger partial charge in [0.1, 0.15) is 11.2 Å². The van der Waals surface area contributed by atoms with Crippen LogP contribution in [0.15, 0.2) is 174 Å². The number of hydrogen-bond acceptors (Lipinski definition) is 3. The first kappa shape index (κ1) is 44.8. The molecular weight excluding hydrogens is 827 g/mol. The van der Waals surface area contributed by atoms with Crippen molar-refractivity contribution in [1.82, 2.24) is 4.98 Å². The van der Waals surface area contributed by atoms with E-state index in [0.29, 0.717) is 0 Å². The molecule has 10 aromatic rings. The molecule has 0 amide bonds. The number of para-hydroxylation sites is 2. The lowest BCUT2D eigenvalue weighted by molar-refractivity contribution is 0.590. The number of aromatic amines is 1. The monoisotopic (exact) mass is 892 g/mol. The van der Waals surface area contributed by atoms with Gasteiger partial charge in [0.15, 0.2) is 0 Å². The number of furan rings is 1. The molecule has 0 bridgehead atoms. The van der Waals surface area contributed by atoms with Crippen LogP contribution in [-0.2, 0) is 21.7 Å². The van der Waals surface area contributed by atoms with Crippen LogP contribution in [-0.4, -0.2) is 4.98 Å². The van der Waals surface area contributed by atoms with Gasteiger partial charge in [-0.2, -0.15) is 0 Å². The molecule has 0 atom stereocenters. The highest BCUT2D eigenvalue weighted by Crippen LogP contribution is 2.48. The first-order chi connectivity index (χ1) is 32.2. The minimum atomic E-state index is 0.0111. The molecule has 0 unspecified atom stereocenters. The van der Waals surface area contributed by atoms with E-state index in [0.717, 1.165) is 89.0 Å². The number of nitrogens with zero attached hydrogens (tertiary/aromatic N) is 2. The van der Waals surface area contributed by atoms with Crippen molar-refractivity contribution in [3.8, 4) is 11.1 Å². The molecule has 10 rings (SSSR count). The topological polar surface area (TPSA) is 35.4 Å². The van der Waals surface area contributed by atoms with Crippen LogP contribution >= 0.6 is 0 Å². The van der Waals surface area contributed by atoms with Crippen LogP contribution in [0.5, 0.6) is 0 Å². The standard InChI is InChI=1S/C64H65N3O/c1-61(2,3)42-21-29-46(30-22-42)66(47-31-23-43(24-32-47)62(4,5)6)50-37-41(54-40-55-52-17-14-16-20-57(52)68-60(55)58-53-18-13-15-19-56(53)65-59(54)58)38-51(39-50)67(48-33-25-44(26-34-48)63(7,8)9)49-35-27-45(28-36-49)64(10,11)12/h13-40,65H,1-12H3. The minimum absolute atomic E-state index is 0.0111. The van der Waals surface area contributed by atoms with Gasteiger partial charge in [0.2, 0.25) is 0 Å². The Morgan fingerprint density at radius 3 is 1.16 bits per heavy atom. The molecule has 0 saturated heterocycles. The van der Waals surface area contributed by atoms with Crippen molar-refractivity contribution in [1.29, 1.82) is 0 Å². The molecule has 2 aromatic heterocycles. The van der Waals surface area contributed by atoms with Gasteiger partial charge in [-0.25, -0.2) is 0 Å². The Hall–Kier alpha value is -7.04. The summed E-state index contributed by atoms with van der Waals surface area (Å²) in [5.41, 5.74) is 17.8. The summed E-state index contributed by atoms with van der Waals surface area (Å²) >= 11 is 0. The predicted octanol–water partition coefficient (Wildman–Crippen LogP) is 19.0. The van der Waals surface area contributed by atoms with Crippen LogP contribution in [0.2, 0.25) is 0 Å². The van der Waals surface area contributed by atoms with Crippen LogP contribution in [0.1, 0.15) is 105 Å². The van der Waals surface area contributed by atoms with Crippen molar-refractivity contribution in [2.45, 2.75) is 105 Å². The molecular formula is C64H65N3O. The molecule has 8 aromatic carbocycles. The third-order valence-corrected chi connectivity index (χ3v) is 13.8. The van der Waals surface area contributed by atoms with Crippen molar-refractivity contribution in [2.24, 2.45) is 0 Å². The number of aromatic nitrogens is 1. The summed E-state index contributed by atoms with van der Waals surface area (Å²) in [6.45, 7) is 27.4. The molecule has 342 valence electrons. The molecule has 4 nitrogen and oxygen atoms in total. The Labute approximate surface area is 403 Å². The Kier molecular flexibility index (Phi) is 10.8. The third kappa shape index (κ3) is 8.25. The van der Waals surface area contributed by atoms with Gasteiger partial charge in [0.25, 0.3) is 0 Å². The number of hydrogen-bond donors (Lipinski definition) is 1. The molecule has 0 aliphatic carbocycles. The van der Waals surface area contributed by atoms with Crippen LogP contribution < -0.4 is 9.80 Å². The molecule has 2 heterocycles. The summed E-state index contributed by atoms with van der Waals surface area (Å²) in [5.74, 6) is 0. The van der Waals surface area contributed by atoms with Gasteiger partial charge in [-0.15, -0.1) is 0 Å². The summed E-state index contributed by atoms with van der Waals surface area (Å²) in [5, 5.41) is 4.44. The van der Waals surface area contributed by atoms with E-state index in [9.17, 15) is 0 Å². The van der Waals surface area contributed by atoms with Gasteiger partial charge in [-0.3, -0.25) is 0 Å². The second kappa shape index (κ2) is 16.3. The average molecular weight is 892 g/mol. The normalized spacial score (nSPS) is 12.7. The fraction of sp³-hybridized carbons (Fsp3) is 0.250. The molecule has 4 heteroatoms. The maximum absolute atomic E-state index is 6.78. The van der Waals surface area contributed by atoms with Crippen LogP contribution in [0, 0.1) is 0 Å². The summed E-state index contributed by atoms with van der Waals surface area (Å²) in [7, 11) is 0. The van der Waals surface area contributed by atoms with E-state index in [-0.39, 0.29) is 21.7 Å². The summed E-state index contributed by atoms with van der Waals surface area (Å²) in [6, 6.07) is 63.2. The van der Waals surface area contributed by atoms with Crippen LogP contribution in [0.25, 0.3) is 54.9 Å². The fourth-order valence-electron chi connectivity index (χ4n) is 9.76. The number of rotatable bonds is 7. The van der Waals surface area contributed by atoms with E-state index in [2.05, 4.69) is 268 Å². The lowest BCUT2D eigenvalue weighted by atomic mass is 9.86.